The zero-order valence-corrected chi connectivity index (χ0v) is 12.8. The number of carbonyl (C=O) groups excluding carboxylic acids is 1. The van der Waals surface area contributed by atoms with Gasteiger partial charge in [0, 0.05) is 10.6 Å². The van der Waals surface area contributed by atoms with E-state index in [1.54, 1.807) is 0 Å². The Labute approximate surface area is 130 Å². The van der Waals surface area contributed by atoms with E-state index in [1.165, 1.54) is 16.7 Å². The monoisotopic (exact) mass is 299 g/mol. The van der Waals surface area contributed by atoms with Gasteiger partial charge in [-0.05, 0) is 60.2 Å². The maximum absolute atomic E-state index is 12.3. The fourth-order valence-corrected chi connectivity index (χ4v) is 3.06. The van der Waals surface area contributed by atoms with Crippen molar-refractivity contribution >= 4 is 17.5 Å². The normalized spacial score (nSPS) is 16.6. The van der Waals surface area contributed by atoms with E-state index in [9.17, 15) is 4.79 Å². The third-order valence-electron chi connectivity index (χ3n) is 4.11. The van der Waals surface area contributed by atoms with Crippen LogP contribution in [0, 0.1) is 0 Å². The minimum atomic E-state index is -0.00884. The number of hydrogen-bond acceptors (Lipinski definition) is 1. The van der Waals surface area contributed by atoms with Crippen LogP contribution in [0.2, 0.25) is 5.02 Å². The molecule has 1 aliphatic rings. The average molecular weight is 300 g/mol. The quantitative estimate of drug-likeness (QED) is 0.898. The van der Waals surface area contributed by atoms with Gasteiger partial charge >= 0.3 is 0 Å². The Morgan fingerprint density at radius 2 is 2.00 bits per heavy atom. The lowest BCUT2D eigenvalue weighted by molar-refractivity contribution is 0.0936. The summed E-state index contributed by atoms with van der Waals surface area (Å²) >= 11 is 6.01. The molecule has 1 unspecified atom stereocenters. The minimum absolute atomic E-state index is 0.00884. The molecule has 1 aliphatic carbocycles. The lowest BCUT2D eigenvalue weighted by Gasteiger charge is -2.14. The SMILES string of the molecule is CCc1ccc(C(=O)NC2CCc3cc(Cl)ccc32)cc1. The standard InChI is InChI=1S/C18H18ClNO/c1-2-12-3-5-13(6-4-12)18(21)20-17-10-7-14-11-15(19)8-9-16(14)17/h3-6,8-9,11,17H,2,7,10H2,1H3,(H,20,21). The molecule has 0 radical (unpaired) electrons. The highest BCUT2D eigenvalue weighted by Crippen LogP contribution is 2.33. The van der Waals surface area contributed by atoms with Crippen LogP contribution in [0.25, 0.3) is 0 Å². The summed E-state index contributed by atoms with van der Waals surface area (Å²) in [6, 6.07) is 13.8. The molecule has 0 saturated carbocycles. The molecule has 1 amide bonds. The average Bonchev–Trinajstić information content (AvgIpc) is 2.89. The Bertz CT molecular complexity index is 663. The topological polar surface area (TPSA) is 29.1 Å². The zero-order valence-electron chi connectivity index (χ0n) is 12.0. The van der Waals surface area contributed by atoms with Gasteiger partial charge in [0.25, 0.3) is 5.91 Å². The minimum Gasteiger partial charge on any atom is -0.345 e. The number of aryl methyl sites for hydroxylation is 2. The lowest BCUT2D eigenvalue weighted by Crippen LogP contribution is -2.27. The Kier molecular flexibility index (Phi) is 3.98. The third-order valence-corrected chi connectivity index (χ3v) is 4.35. The molecule has 0 saturated heterocycles. The highest BCUT2D eigenvalue weighted by molar-refractivity contribution is 6.30. The van der Waals surface area contributed by atoms with Gasteiger partial charge in [-0.3, -0.25) is 4.79 Å². The van der Waals surface area contributed by atoms with Gasteiger partial charge in [0.1, 0.15) is 0 Å². The molecule has 21 heavy (non-hydrogen) atoms. The van der Waals surface area contributed by atoms with Crippen molar-refractivity contribution in [1.82, 2.24) is 5.32 Å². The van der Waals surface area contributed by atoms with Crippen LogP contribution in [0.1, 0.15) is 46.4 Å². The predicted octanol–water partition coefficient (Wildman–Crippen LogP) is 4.32. The van der Waals surface area contributed by atoms with Gasteiger partial charge in [-0.25, -0.2) is 0 Å². The highest BCUT2D eigenvalue weighted by atomic mass is 35.5. The Hall–Kier alpha value is -1.80. The van der Waals surface area contributed by atoms with E-state index in [4.69, 9.17) is 11.6 Å². The van der Waals surface area contributed by atoms with Crippen LogP contribution in [0.3, 0.4) is 0 Å². The van der Waals surface area contributed by atoms with Crippen LogP contribution in [-0.4, -0.2) is 5.91 Å². The second-order valence-corrected chi connectivity index (χ2v) is 5.89. The number of benzene rings is 2. The first-order valence-corrected chi connectivity index (χ1v) is 7.73. The van der Waals surface area contributed by atoms with E-state index < -0.39 is 0 Å². The van der Waals surface area contributed by atoms with Gasteiger partial charge < -0.3 is 5.32 Å². The van der Waals surface area contributed by atoms with E-state index in [0.29, 0.717) is 0 Å². The molecule has 0 bridgehead atoms. The van der Waals surface area contributed by atoms with Crippen LogP contribution in [-0.2, 0) is 12.8 Å². The number of nitrogens with one attached hydrogen (secondary N) is 1. The first-order chi connectivity index (χ1) is 10.2. The molecule has 0 aromatic heterocycles. The molecule has 108 valence electrons. The van der Waals surface area contributed by atoms with Gasteiger partial charge in [-0.15, -0.1) is 0 Å². The summed E-state index contributed by atoms with van der Waals surface area (Å²) in [5.41, 5.74) is 4.40. The van der Waals surface area contributed by atoms with Crippen molar-refractivity contribution in [3.05, 3.63) is 69.7 Å². The number of amides is 1. The fraction of sp³-hybridized carbons (Fsp3) is 0.278. The lowest BCUT2D eigenvalue weighted by atomic mass is 10.1. The maximum Gasteiger partial charge on any atom is 0.251 e. The Morgan fingerprint density at radius 3 is 2.71 bits per heavy atom. The van der Waals surface area contributed by atoms with E-state index in [1.807, 2.05) is 42.5 Å². The molecule has 0 fully saturated rings. The number of halogens is 1. The molecule has 0 spiro atoms. The number of fused-ring (bicyclic) bond motifs is 1. The summed E-state index contributed by atoms with van der Waals surface area (Å²) in [6.45, 7) is 2.11. The van der Waals surface area contributed by atoms with Crippen molar-refractivity contribution in [2.24, 2.45) is 0 Å². The van der Waals surface area contributed by atoms with E-state index in [-0.39, 0.29) is 11.9 Å². The molecule has 1 N–H and O–H groups in total. The number of carbonyl (C=O) groups is 1. The van der Waals surface area contributed by atoms with Crippen LogP contribution in [0.4, 0.5) is 0 Å². The predicted molar refractivity (Wildman–Crippen MR) is 85.8 cm³/mol. The fourth-order valence-electron chi connectivity index (χ4n) is 2.87. The third kappa shape index (κ3) is 2.96. The van der Waals surface area contributed by atoms with Crippen molar-refractivity contribution in [3.8, 4) is 0 Å². The largest absolute Gasteiger partial charge is 0.345 e. The second kappa shape index (κ2) is 5.90. The summed E-state index contributed by atoms with van der Waals surface area (Å²) in [5.74, 6) is -0.00884. The molecule has 0 heterocycles. The van der Waals surface area contributed by atoms with Gasteiger partial charge in [0.2, 0.25) is 0 Å². The molecule has 2 aromatic rings. The summed E-state index contributed by atoms with van der Waals surface area (Å²) in [5, 5.41) is 3.89. The number of rotatable bonds is 3. The van der Waals surface area contributed by atoms with Crippen molar-refractivity contribution in [3.63, 3.8) is 0 Å². The van der Waals surface area contributed by atoms with E-state index in [0.717, 1.165) is 29.8 Å². The maximum atomic E-state index is 12.3. The van der Waals surface area contributed by atoms with Crippen molar-refractivity contribution in [2.45, 2.75) is 32.2 Å². The first-order valence-electron chi connectivity index (χ1n) is 7.35. The molecular formula is C18H18ClNO. The molecule has 2 aromatic carbocycles. The molecule has 3 rings (SSSR count). The summed E-state index contributed by atoms with van der Waals surface area (Å²) in [6.07, 6.45) is 2.89. The summed E-state index contributed by atoms with van der Waals surface area (Å²) in [4.78, 5) is 12.3. The van der Waals surface area contributed by atoms with Crippen LogP contribution < -0.4 is 5.32 Å². The smallest absolute Gasteiger partial charge is 0.251 e. The van der Waals surface area contributed by atoms with Gasteiger partial charge in [-0.1, -0.05) is 36.7 Å². The zero-order chi connectivity index (χ0) is 14.8. The molecule has 3 heteroatoms. The molecule has 2 nitrogen and oxygen atoms in total. The van der Waals surface area contributed by atoms with Crippen molar-refractivity contribution < 1.29 is 4.79 Å². The van der Waals surface area contributed by atoms with Gasteiger partial charge in [0.05, 0.1) is 6.04 Å². The van der Waals surface area contributed by atoms with Crippen molar-refractivity contribution in [1.29, 1.82) is 0 Å². The Balaban J connectivity index is 1.74. The summed E-state index contributed by atoms with van der Waals surface area (Å²) < 4.78 is 0. The van der Waals surface area contributed by atoms with Gasteiger partial charge in [-0.2, -0.15) is 0 Å². The molecule has 0 aliphatic heterocycles. The van der Waals surface area contributed by atoms with Crippen LogP contribution in [0.5, 0.6) is 0 Å². The Morgan fingerprint density at radius 1 is 1.24 bits per heavy atom. The molecule has 1 atom stereocenters. The number of hydrogen-bond donors (Lipinski definition) is 1. The first kappa shape index (κ1) is 14.2. The van der Waals surface area contributed by atoms with Gasteiger partial charge in [0.15, 0.2) is 0 Å². The molecular weight excluding hydrogens is 282 g/mol. The van der Waals surface area contributed by atoms with E-state index >= 15 is 0 Å². The summed E-state index contributed by atoms with van der Waals surface area (Å²) in [7, 11) is 0. The second-order valence-electron chi connectivity index (χ2n) is 5.46. The van der Waals surface area contributed by atoms with Crippen LogP contribution >= 0.6 is 11.6 Å². The van der Waals surface area contributed by atoms with Crippen molar-refractivity contribution in [2.75, 3.05) is 0 Å². The van der Waals surface area contributed by atoms with Crippen LogP contribution in [0.15, 0.2) is 42.5 Å². The van der Waals surface area contributed by atoms with E-state index in [2.05, 4.69) is 12.2 Å². The highest BCUT2D eigenvalue weighted by Gasteiger charge is 2.24.